The number of anilines is 2. The molecule has 2 amide bonds. The molecule has 1 saturated carbocycles. The number of rotatable bonds is 8. The van der Waals surface area contributed by atoms with Gasteiger partial charge in [-0.25, -0.2) is 9.37 Å². The summed E-state index contributed by atoms with van der Waals surface area (Å²) in [6, 6.07) is 3.63. The largest absolute Gasteiger partial charge is 0.434 e. The van der Waals surface area contributed by atoms with Gasteiger partial charge in [-0.3, -0.25) is 24.2 Å². The van der Waals surface area contributed by atoms with E-state index in [1.807, 2.05) is 19.9 Å². The molecule has 216 valence electrons. The monoisotopic (exact) mass is 598 g/mol. The van der Waals surface area contributed by atoms with Crippen molar-refractivity contribution in [1.82, 2.24) is 29.9 Å². The number of fused-ring (bicyclic) bond motifs is 1. The topological polar surface area (TPSA) is 128 Å². The van der Waals surface area contributed by atoms with Crippen molar-refractivity contribution < 1.29 is 27.5 Å². The number of carbonyl (C=O) groups is 2. The first kappa shape index (κ1) is 27.6. The summed E-state index contributed by atoms with van der Waals surface area (Å²) in [5, 5.41) is 15.2. The Bertz CT molecular complexity index is 1720. The lowest BCUT2D eigenvalue weighted by molar-refractivity contribution is -0.118. The lowest BCUT2D eigenvalue weighted by Gasteiger charge is -2.20. The van der Waals surface area contributed by atoms with Crippen molar-refractivity contribution in [3.05, 3.63) is 70.8 Å². The summed E-state index contributed by atoms with van der Waals surface area (Å²) < 4.78 is 46.5. The van der Waals surface area contributed by atoms with Crippen LogP contribution >= 0.6 is 11.6 Å². The number of aryl methyl sites for hydroxylation is 1. The fourth-order valence-corrected chi connectivity index (χ4v) is 5.10. The first-order chi connectivity index (χ1) is 20.1. The van der Waals surface area contributed by atoms with Crippen molar-refractivity contribution in [2.45, 2.75) is 32.9 Å². The Morgan fingerprint density at radius 1 is 1.21 bits per heavy atom. The molecule has 3 aromatic heterocycles. The van der Waals surface area contributed by atoms with Gasteiger partial charge in [0.1, 0.15) is 11.4 Å². The third-order valence-corrected chi connectivity index (χ3v) is 7.53. The van der Waals surface area contributed by atoms with Crippen LogP contribution in [0.25, 0.3) is 11.3 Å². The molecule has 1 aliphatic heterocycles. The fraction of sp³-hybridized carbons (Fsp3) is 0.296. The SMILES string of the molecule is Cc1cc([C@@H](C)n2cc(NC(=O)c3cncc(-c4c(OC(F)F)ccc(Cl)c4F)n3)cn2)nnc1N1C[C@H]2C[C@H]2C1=O. The second kappa shape index (κ2) is 10.7. The highest BCUT2D eigenvalue weighted by molar-refractivity contribution is 6.31. The van der Waals surface area contributed by atoms with Crippen LogP contribution in [0.1, 0.15) is 41.1 Å². The molecule has 2 fully saturated rings. The van der Waals surface area contributed by atoms with Crippen LogP contribution in [0.2, 0.25) is 5.02 Å². The van der Waals surface area contributed by atoms with E-state index in [0.29, 0.717) is 29.7 Å². The van der Waals surface area contributed by atoms with Gasteiger partial charge in [-0.05, 0) is 49.9 Å². The lowest BCUT2D eigenvalue weighted by atomic mass is 10.1. The van der Waals surface area contributed by atoms with E-state index in [-0.39, 0.29) is 34.3 Å². The minimum Gasteiger partial charge on any atom is -0.434 e. The average molecular weight is 599 g/mol. The van der Waals surface area contributed by atoms with Gasteiger partial charge in [-0.2, -0.15) is 19.0 Å². The van der Waals surface area contributed by atoms with Crippen LogP contribution in [0, 0.1) is 24.6 Å². The van der Waals surface area contributed by atoms with Gasteiger partial charge in [-0.15, -0.1) is 5.10 Å². The minimum atomic E-state index is -3.23. The molecule has 0 spiro atoms. The van der Waals surface area contributed by atoms with E-state index in [9.17, 15) is 22.8 Å². The second-order valence-electron chi connectivity index (χ2n) is 10.1. The smallest absolute Gasteiger partial charge is 0.387 e. The maximum absolute atomic E-state index is 14.8. The maximum Gasteiger partial charge on any atom is 0.387 e. The van der Waals surface area contributed by atoms with E-state index in [2.05, 4.69) is 35.3 Å². The number of ether oxygens (including phenoxy) is 1. The van der Waals surface area contributed by atoms with Crippen molar-refractivity contribution in [3.8, 4) is 17.0 Å². The zero-order chi connectivity index (χ0) is 29.7. The molecule has 0 radical (unpaired) electrons. The molecule has 3 atom stereocenters. The molecule has 15 heteroatoms. The molecular formula is C27H22ClF3N8O3. The van der Waals surface area contributed by atoms with Crippen LogP contribution in [0.15, 0.2) is 43.0 Å². The normalized spacial score (nSPS) is 18.3. The van der Waals surface area contributed by atoms with Gasteiger partial charge in [-0.1, -0.05) is 11.6 Å². The van der Waals surface area contributed by atoms with Crippen molar-refractivity contribution in [3.63, 3.8) is 0 Å². The van der Waals surface area contributed by atoms with Gasteiger partial charge in [0.15, 0.2) is 11.6 Å². The van der Waals surface area contributed by atoms with Crippen molar-refractivity contribution in [1.29, 1.82) is 0 Å². The summed E-state index contributed by atoms with van der Waals surface area (Å²) in [5.41, 5.74) is 0.837. The number of piperidine rings is 1. The number of halogens is 4. The molecule has 2 aliphatic rings. The summed E-state index contributed by atoms with van der Waals surface area (Å²) in [6.07, 6.45) is 6.18. The Hall–Kier alpha value is -4.59. The fourth-order valence-electron chi connectivity index (χ4n) is 4.94. The van der Waals surface area contributed by atoms with E-state index in [4.69, 9.17) is 11.6 Å². The Morgan fingerprint density at radius 3 is 2.74 bits per heavy atom. The Morgan fingerprint density at radius 2 is 2.02 bits per heavy atom. The van der Waals surface area contributed by atoms with Crippen LogP contribution < -0.4 is 15.0 Å². The summed E-state index contributed by atoms with van der Waals surface area (Å²) in [5.74, 6) is -1.07. The van der Waals surface area contributed by atoms with Gasteiger partial charge >= 0.3 is 6.61 Å². The number of amides is 2. The Balaban J connectivity index is 1.18. The van der Waals surface area contributed by atoms with E-state index in [0.717, 1.165) is 36.5 Å². The number of nitrogens with one attached hydrogen (secondary N) is 1. The number of carbonyl (C=O) groups excluding carboxylic acids is 2. The number of alkyl halides is 2. The molecule has 4 heterocycles. The van der Waals surface area contributed by atoms with Gasteiger partial charge in [0.2, 0.25) is 5.91 Å². The van der Waals surface area contributed by atoms with Gasteiger partial charge < -0.3 is 10.1 Å². The molecule has 6 rings (SSSR count). The van der Waals surface area contributed by atoms with E-state index >= 15 is 0 Å². The Kier molecular flexibility index (Phi) is 7.01. The van der Waals surface area contributed by atoms with Crippen LogP contribution in [0.4, 0.5) is 24.7 Å². The van der Waals surface area contributed by atoms with Crippen molar-refractivity contribution in [2.75, 3.05) is 16.8 Å². The second-order valence-corrected chi connectivity index (χ2v) is 10.5. The molecule has 42 heavy (non-hydrogen) atoms. The van der Waals surface area contributed by atoms with E-state index < -0.39 is 29.6 Å². The number of hydrogen-bond acceptors (Lipinski definition) is 8. The highest BCUT2D eigenvalue weighted by atomic mass is 35.5. The van der Waals surface area contributed by atoms with Gasteiger partial charge in [0.25, 0.3) is 5.91 Å². The van der Waals surface area contributed by atoms with Crippen LogP contribution in [-0.4, -0.2) is 54.9 Å². The molecule has 1 N–H and O–H groups in total. The molecule has 1 saturated heterocycles. The number of aromatic nitrogens is 6. The predicted molar refractivity (Wildman–Crippen MR) is 144 cm³/mol. The first-order valence-electron chi connectivity index (χ1n) is 12.9. The highest BCUT2D eigenvalue weighted by Gasteiger charge is 2.53. The van der Waals surface area contributed by atoms with Crippen molar-refractivity contribution in [2.24, 2.45) is 11.8 Å². The first-order valence-corrected chi connectivity index (χ1v) is 13.2. The average Bonchev–Trinajstić information content (AvgIpc) is 3.46. The number of benzene rings is 1. The zero-order valence-electron chi connectivity index (χ0n) is 22.1. The minimum absolute atomic E-state index is 0.0977. The van der Waals surface area contributed by atoms with Crippen molar-refractivity contribution >= 4 is 34.9 Å². The predicted octanol–water partition coefficient (Wildman–Crippen LogP) is 4.68. The van der Waals surface area contributed by atoms with Crippen LogP contribution in [0.5, 0.6) is 5.75 Å². The van der Waals surface area contributed by atoms with Crippen LogP contribution in [-0.2, 0) is 4.79 Å². The molecule has 4 aromatic rings. The van der Waals surface area contributed by atoms with Gasteiger partial charge in [0.05, 0.1) is 52.3 Å². The molecule has 1 aromatic carbocycles. The third-order valence-electron chi connectivity index (χ3n) is 7.24. The van der Waals surface area contributed by atoms with E-state index in [1.165, 1.54) is 6.20 Å². The molecule has 1 aliphatic carbocycles. The van der Waals surface area contributed by atoms with E-state index in [1.54, 1.807) is 15.8 Å². The van der Waals surface area contributed by atoms with Crippen LogP contribution in [0.3, 0.4) is 0 Å². The van der Waals surface area contributed by atoms with Gasteiger partial charge in [0, 0.05) is 18.7 Å². The highest BCUT2D eigenvalue weighted by Crippen LogP contribution is 2.47. The lowest BCUT2D eigenvalue weighted by Crippen LogP contribution is -2.30. The quantitative estimate of drug-likeness (QED) is 0.310. The number of hydrogen-bond donors (Lipinski definition) is 1. The molecular weight excluding hydrogens is 577 g/mol. The third kappa shape index (κ3) is 5.13. The molecule has 0 unspecified atom stereocenters. The standard InChI is InChI=1S/C27H22ClF3N8O3/c1-12-5-18(36-37-24(12)38-10-14-6-16(14)26(38)41)13(2)39-11-15(7-33-39)34-25(40)20-9-32-8-19(35-20)22-21(42-27(30)31)4-3-17(28)23(22)29/h3-5,7-9,11,13-14,16,27H,6,10H2,1-2H3,(H,34,40)/t13-,14-,16-/m1/s1. The summed E-state index contributed by atoms with van der Waals surface area (Å²) >= 11 is 5.83. The summed E-state index contributed by atoms with van der Waals surface area (Å²) in [7, 11) is 0. The maximum atomic E-state index is 14.8. The summed E-state index contributed by atoms with van der Waals surface area (Å²) in [6.45, 7) is 1.17. The zero-order valence-corrected chi connectivity index (χ0v) is 22.9. The Labute approximate surface area is 241 Å². The number of nitrogens with zero attached hydrogens (tertiary/aromatic N) is 7. The summed E-state index contributed by atoms with van der Waals surface area (Å²) in [4.78, 5) is 35.1. The molecule has 0 bridgehead atoms. The molecule has 11 nitrogen and oxygen atoms in total.